The van der Waals surface area contributed by atoms with Crippen molar-refractivity contribution in [2.75, 3.05) is 5.32 Å². The highest BCUT2D eigenvalue weighted by Crippen LogP contribution is 2.29. The van der Waals surface area contributed by atoms with Crippen molar-refractivity contribution in [2.24, 2.45) is 0 Å². The van der Waals surface area contributed by atoms with E-state index in [-0.39, 0.29) is 16.6 Å². The van der Waals surface area contributed by atoms with Crippen molar-refractivity contribution in [2.45, 2.75) is 39.7 Å². The Morgan fingerprint density at radius 2 is 1.82 bits per heavy atom. The number of ether oxygens (including phenoxy) is 1. The van der Waals surface area contributed by atoms with E-state index in [4.69, 9.17) is 4.74 Å². The number of rotatable bonds is 5. The maximum absolute atomic E-state index is 13.8. The number of carbonyl (C=O) groups is 2. The number of esters is 1. The fourth-order valence-corrected chi connectivity index (χ4v) is 3.92. The average Bonchev–Trinajstić information content (AvgIpc) is 3.09. The van der Waals surface area contributed by atoms with E-state index < -0.39 is 18.0 Å². The van der Waals surface area contributed by atoms with Crippen LogP contribution in [0.15, 0.2) is 42.5 Å². The maximum Gasteiger partial charge on any atom is 0.349 e. The second-order valence-electron chi connectivity index (χ2n) is 6.99. The Hall–Kier alpha value is -2.73. The molecule has 6 heteroatoms. The zero-order valence-electron chi connectivity index (χ0n) is 16.2. The van der Waals surface area contributed by atoms with Gasteiger partial charge in [-0.05, 0) is 49.1 Å². The number of anilines is 1. The van der Waals surface area contributed by atoms with Crippen LogP contribution in [0, 0.1) is 12.7 Å². The van der Waals surface area contributed by atoms with Crippen molar-refractivity contribution in [3.8, 4) is 0 Å². The highest BCUT2D eigenvalue weighted by atomic mass is 32.1. The molecule has 0 spiro atoms. The number of hydrogen-bond acceptors (Lipinski definition) is 4. The molecule has 0 saturated carbocycles. The molecule has 0 aliphatic rings. The molecule has 1 heterocycles. The number of nitrogens with one attached hydrogen (secondary N) is 1. The number of halogens is 1. The minimum absolute atomic E-state index is 0.238. The van der Waals surface area contributed by atoms with E-state index >= 15 is 0 Å². The fourth-order valence-electron chi connectivity index (χ4n) is 2.97. The van der Waals surface area contributed by atoms with Crippen molar-refractivity contribution in [3.05, 3.63) is 64.3 Å². The predicted molar refractivity (Wildman–Crippen MR) is 111 cm³/mol. The maximum atomic E-state index is 13.8. The topological polar surface area (TPSA) is 55.4 Å². The number of thiophene rings is 1. The first-order chi connectivity index (χ1) is 13.3. The lowest BCUT2D eigenvalue weighted by Crippen LogP contribution is -2.30. The summed E-state index contributed by atoms with van der Waals surface area (Å²) in [6.45, 7) is 7.54. The zero-order valence-corrected chi connectivity index (χ0v) is 17.0. The lowest BCUT2D eigenvalue weighted by Gasteiger charge is -2.18. The molecule has 1 N–H and O–H groups in total. The molecule has 1 atom stereocenters. The van der Waals surface area contributed by atoms with E-state index in [0.717, 1.165) is 28.2 Å². The molecule has 0 unspecified atom stereocenters. The number of hydrogen-bond donors (Lipinski definition) is 1. The van der Waals surface area contributed by atoms with Gasteiger partial charge in [-0.15, -0.1) is 11.3 Å². The smallest absolute Gasteiger partial charge is 0.349 e. The lowest BCUT2D eigenvalue weighted by molar-refractivity contribution is -0.123. The van der Waals surface area contributed by atoms with Crippen molar-refractivity contribution in [1.29, 1.82) is 0 Å². The quantitative estimate of drug-likeness (QED) is 0.564. The summed E-state index contributed by atoms with van der Waals surface area (Å²) in [5.41, 5.74) is 2.71. The Kier molecular flexibility index (Phi) is 5.79. The minimum atomic E-state index is -0.984. The Morgan fingerprint density at radius 1 is 1.11 bits per heavy atom. The van der Waals surface area contributed by atoms with Crippen molar-refractivity contribution in [1.82, 2.24) is 0 Å². The van der Waals surface area contributed by atoms with Gasteiger partial charge >= 0.3 is 5.97 Å². The van der Waals surface area contributed by atoms with Gasteiger partial charge in [-0.1, -0.05) is 38.1 Å². The summed E-state index contributed by atoms with van der Waals surface area (Å²) in [7, 11) is 0. The molecular weight excluding hydrogens is 377 g/mol. The van der Waals surface area contributed by atoms with Crippen LogP contribution in [0.2, 0.25) is 0 Å². The van der Waals surface area contributed by atoms with Gasteiger partial charge in [0, 0.05) is 15.8 Å². The van der Waals surface area contributed by atoms with Crippen molar-refractivity contribution < 1.29 is 18.7 Å². The van der Waals surface area contributed by atoms with E-state index in [1.165, 1.54) is 19.1 Å². The van der Waals surface area contributed by atoms with Crippen molar-refractivity contribution >= 4 is 39.0 Å². The molecule has 1 aromatic heterocycles. The number of para-hydroxylation sites is 1. The van der Waals surface area contributed by atoms with Gasteiger partial charge in [0.1, 0.15) is 10.7 Å². The van der Waals surface area contributed by atoms with E-state index in [1.54, 1.807) is 12.1 Å². The third-order valence-electron chi connectivity index (χ3n) is 4.54. The number of fused-ring (bicyclic) bond motifs is 1. The first-order valence-electron chi connectivity index (χ1n) is 9.07. The van der Waals surface area contributed by atoms with Gasteiger partial charge in [0.05, 0.1) is 0 Å². The Bertz CT molecular complexity index is 1040. The van der Waals surface area contributed by atoms with Crippen LogP contribution in [0.3, 0.4) is 0 Å². The molecule has 0 bridgehead atoms. The number of amides is 1. The SMILES string of the molecule is Cc1cccc(C(C)C)c1NC(=O)[C@H](C)OC(=O)c1cc2c(F)cccc2s1. The van der Waals surface area contributed by atoms with Crippen LogP contribution in [0.4, 0.5) is 10.1 Å². The summed E-state index contributed by atoms with van der Waals surface area (Å²) in [6, 6.07) is 12.0. The highest BCUT2D eigenvalue weighted by molar-refractivity contribution is 7.20. The normalized spacial score (nSPS) is 12.2. The van der Waals surface area contributed by atoms with Gasteiger partial charge in [0.25, 0.3) is 5.91 Å². The first-order valence-corrected chi connectivity index (χ1v) is 9.89. The Labute approximate surface area is 167 Å². The molecule has 28 heavy (non-hydrogen) atoms. The van der Waals surface area contributed by atoms with Gasteiger partial charge in [0.15, 0.2) is 6.10 Å². The summed E-state index contributed by atoms with van der Waals surface area (Å²) in [5, 5.41) is 3.25. The van der Waals surface area contributed by atoms with Gasteiger partial charge in [0.2, 0.25) is 0 Å². The number of benzene rings is 2. The standard InChI is InChI=1S/C22H22FNO3S/c1-12(2)15-8-5-7-13(3)20(15)24-21(25)14(4)27-22(26)19-11-16-17(23)9-6-10-18(16)28-19/h5-12,14H,1-4H3,(H,24,25)/t14-/m0/s1. The first kappa shape index (κ1) is 20.0. The molecule has 0 aliphatic heterocycles. The van der Waals surface area contributed by atoms with E-state index in [0.29, 0.717) is 10.1 Å². The molecule has 1 amide bonds. The molecule has 0 radical (unpaired) electrons. The average molecular weight is 399 g/mol. The summed E-state index contributed by atoms with van der Waals surface area (Å²) in [6.07, 6.45) is -0.984. The molecule has 0 fully saturated rings. The van der Waals surface area contributed by atoms with Crippen LogP contribution >= 0.6 is 11.3 Å². The summed E-state index contributed by atoms with van der Waals surface area (Å²) in [4.78, 5) is 25.3. The van der Waals surface area contributed by atoms with Gasteiger partial charge < -0.3 is 10.1 Å². The van der Waals surface area contributed by atoms with Gasteiger partial charge in [-0.2, -0.15) is 0 Å². The molecule has 0 aliphatic carbocycles. The van der Waals surface area contributed by atoms with Crippen LogP contribution in [0.25, 0.3) is 10.1 Å². The fraction of sp³-hybridized carbons (Fsp3) is 0.273. The molecule has 3 rings (SSSR count). The van der Waals surface area contributed by atoms with E-state index in [2.05, 4.69) is 19.2 Å². The number of carbonyl (C=O) groups excluding carboxylic acids is 2. The molecule has 2 aromatic carbocycles. The Morgan fingerprint density at radius 3 is 2.50 bits per heavy atom. The summed E-state index contributed by atoms with van der Waals surface area (Å²) < 4.78 is 19.8. The van der Waals surface area contributed by atoms with E-state index in [1.807, 2.05) is 25.1 Å². The Balaban J connectivity index is 1.74. The lowest BCUT2D eigenvalue weighted by atomic mass is 9.98. The van der Waals surface area contributed by atoms with Crippen LogP contribution < -0.4 is 5.32 Å². The third kappa shape index (κ3) is 4.07. The molecule has 4 nitrogen and oxygen atoms in total. The molecular formula is C22H22FNO3S. The van der Waals surface area contributed by atoms with Gasteiger partial charge in [-0.25, -0.2) is 9.18 Å². The highest BCUT2D eigenvalue weighted by Gasteiger charge is 2.22. The van der Waals surface area contributed by atoms with Gasteiger partial charge in [-0.3, -0.25) is 4.79 Å². The number of aryl methyl sites for hydroxylation is 1. The van der Waals surface area contributed by atoms with Crippen molar-refractivity contribution in [3.63, 3.8) is 0 Å². The third-order valence-corrected chi connectivity index (χ3v) is 5.62. The van der Waals surface area contributed by atoms with Crippen LogP contribution in [0.5, 0.6) is 0 Å². The summed E-state index contributed by atoms with van der Waals surface area (Å²) >= 11 is 1.14. The molecule has 3 aromatic rings. The van der Waals surface area contributed by atoms with Crippen LogP contribution in [-0.2, 0) is 9.53 Å². The molecule has 0 saturated heterocycles. The minimum Gasteiger partial charge on any atom is -0.448 e. The predicted octanol–water partition coefficient (Wildman–Crippen LogP) is 5.66. The zero-order chi connectivity index (χ0) is 20.4. The van der Waals surface area contributed by atoms with Crippen LogP contribution in [-0.4, -0.2) is 18.0 Å². The van der Waals surface area contributed by atoms with E-state index in [9.17, 15) is 14.0 Å². The summed E-state index contributed by atoms with van der Waals surface area (Å²) in [5.74, 6) is -1.20. The monoisotopic (exact) mass is 399 g/mol. The second-order valence-corrected chi connectivity index (χ2v) is 8.08. The molecule has 146 valence electrons. The largest absolute Gasteiger partial charge is 0.448 e. The van der Waals surface area contributed by atoms with Crippen LogP contribution in [0.1, 0.15) is 47.5 Å². The second kappa shape index (κ2) is 8.10.